The molecule has 0 saturated heterocycles. The zero-order valence-corrected chi connectivity index (χ0v) is 10.5. The Kier molecular flexibility index (Phi) is 11.7. The van der Waals surface area contributed by atoms with Crippen molar-refractivity contribution in [2.45, 2.75) is 58.3 Å². The van der Waals surface area contributed by atoms with Crippen molar-refractivity contribution in [3.8, 4) is 0 Å². The molecule has 0 aromatic carbocycles. The van der Waals surface area contributed by atoms with Crippen LogP contribution in [0.15, 0.2) is 5.16 Å². The van der Waals surface area contributed by atoms with Crippen molar-refractivity contribution >= 4 is 5.84 Å². The Morgan fingerprint density at radius 1 is 1.06 bits per heavy atom. The van der Waals surface area contributed by atoms with Crippen molar-refractivity contribution in [2.75, 3.05) is 13.2 Å². The van der Waals surface area contributed by atoms with Crippen LogP contribution in [-0.4, -0.2) is 24.3 Å². The van der Waals surface area contributed by atoms with Gasteiger partial charge in [0.15, 0.2) is 0 Å². The highest BCUT2D eigenvalue weighted by Crippen LogP contribution is 2.03. The van der Waals surface area contributed by atoms with E-state index in [1.807, 2.05) is 0 Å². The second-order valence-electron chi connectivity index (χ2n) is 4.08. The summed E-state index contributed by atoms with van der Waals surface area (Å²) in [5.74, 6) is 0.305. The van der Waals surface area contributed by atoms with Gasteiger partial charge >= 0.3 is 0 Å². The molecule has 0 atom stereocenters. The Bertz CT molecular complexity index is 172. The number of rotatable bonds is 11. The lowest BCUT2D eigenvalue weighted by molar-refractivity contribution is 0.126. The summed E-state index contributed by atoms with van der Waals surface area (Å²) in [4.78, 5) is 0. The summed E-state index contributed by atoms with van der Waals surface area (Å²) in [5.41, 5.74) is 5.34. The summed E-state index contributed by atoms with van der Waals surface area (Å²) in [6, 6.07) is 0. The van der Waals surface area contributed by atoms with Crippen LogP contribution >= 0.6 is 0 Å². The Morgan fingerprint density at radius 2 is 1.69 bits per heavy atom. The SMILES string of the molecule is CCCCCCCOCCCCC(N)=NO. The van der Waals surface area contributed by atoms with Crippen molar-refractivity contribution in [2.24, 2.45) is 10.9 Å². The topological polar surface area (TPSA) is 67.8 Å². The monoisotopic (exact) mass is 230 g/mol. The van der Waals surface area contributed by atoms with Gasteiger partial charge in [0.05, 0.1) is 0 Å². The first kappa shape index (κ1) is 15.2. The molecule has 16 heavy (non-hydrogen) atoms. The number of hydrogen-bond donors (Lipinski definition) is 2. The van der Waals surface area contributed by atoms with Crippen LogP contribution in [0, 0.1) is 0 Å². The van der Waals surface area contributed by atoms with Gasteiger partial charge in [-0.2, -0.15) is 0 Å². The van der Waals surface area contributed by atoms with E-state index in [0.717, 1.165) is 26.1 Å². The molecule has 0 spiro atoms. The summed E-state index contributed by atoms with van der Waals surface area (Å²) in [6.45, 7) is 3.87. The highest BCUT2D eigenvalue weighted by atomic mass is 16.5. The number of oxime groups is 1. The van der Waals surface area contributed by atoms with Crippen LogP contribution < -0.4 is 5.73 Å². The van der Waals surface area contributed by atoms with Gasteiger partial charge in [-0.1, -0.05) is 37.8 Å². The highest BCUT2D eigenvalue weighted by molar-refractivity contribution is 5.79. The third kappa shape index (κ3) is 11.3. The Labute approximate surface area is 98.9 Å². The van der Waals surface area contributed by atoms with E-state index in [1.54, 1.807) is 0 Å². The standard InChI is InChI=1S/C12H26N2O2/c1-2-3-4-5-7-10-16-11-8-6-9-12(13)14-15/h15H,2-11H2,1H3,(H2,13,14). The predicted molar refractivity (Wildman–Crippen MR) is 66.8 cm³/mol. The number of nitrogens with zero attached hydrogens (tertiary/aromatic N) is 1. The summed E-state index contributed by atoms with van der Waals surface area (Å²) in [5, 5.41) is 11.2. The van der Waals surface area contributed by atoms with Crippen LogP contribution in [0.5, 0.6) is 0 Å². The van der Waals surface area contributed by atoms with Crippen LogP contribution in [-0.2, 0) is 4.74 Å². The van der Waals surface area contributed by atoms with Crippen molar-refractivity contribution in [1.29, 1.82) is 0 Å². The molecule has 96 valence electrons. The lowest BCUT2D eigenvalue weighted by Gasteiger charge is -2.03. The van der Waals surface area contributed by atoms with Crippen LogP contribution in [0.3, 0.4) is 0 Å². The fourth-order valence-corrected chi connectivity index (χ4v) is 1.47. The van der Waals surface area contributed by atoms with Crippen molar-refractivity contribution in [3.05, 3.63) is 0 Å². The molecule has 0 fully saturated rings. The van der Waals surface area contributed by atoms with Crippen molar-refractivity contribution < 1.29 is 9.94 Å². The summed E-state index contributed by atoms with van der Waals surface area (Å²) in [6.07, 6.45) is 8.93. The third-order valence-corrected chi connectivity index (χ3v) is 2.49. The van der Waals surface area contributed by atoms with E-state index in [1.165, 1.54) is 32.1 Å². The molecule has 0 unspecified atom stereocenters. The molecule has 0 aromatic rings. The van der Waals surface area contributed by atoms with E-state index in [9.17, 15) is 0 Å². The van der Waals surface area contributed by atoms with Gasteiger partial charge in [-0.25, -0.2) is 0 Å². The number of unbranched alkanes of at least 4 members (excludes halogenated alkanes) is 5. The molecule has 0 aliphatic rings. The Hall–Kier alpha value is -0.770. The molecule has 0 heterocycles. The highest BCUT2D eigenvalue weighted by Gasteiger charge is 1.94. The number of hydrogen-bond acceptors (Lipinski definition) is 3. The second kappa shape index (κ2) is 12.3. The average molecular weight is 230 g/mol. The lowest BCUT2D eigenvalue weighted by atomic mass is 10.2. The smallest absolute Gasteiger partial charge is 0.139 e. The Morgan fingerprint density at radius 3 is 2.31 bits per heavy atom. The van der Waals surface area contributed by atoms with E-state index in [-0.39, 0.29) is 0 Å². The molecule has 0 aliphatic heterocycles. The quantitative estimate of drug-likeness (QED) is 0.188. The zero-order valence-electron chi connectivity index (χ0n) is 10.5. The number of ether oxygens (including phenoxy) is 1. The molecular weight excluding hydrogens is 204 g/mol. The van der Waals surface area contributed by atoms with E-state index in [4.69, 9.17) is 15.7 Å². The van der Waals surface area contributed by atoms with Crippen molar-refractivity contribution in [3.63, 3.8) is 0 Å². The lowest BCUT2D eigenvalue weighted by Crippen LogP contribution is -2.11. The first-order valence-corrected chi connectivity index (χ1v) is 6.35. The predicted octanol–water partition coefficient (Wildman–Crippen LogP) is 2.89. The normalized spacial score (nSPS) is 11.9. The number of amidine groups is 1. The molecule has 0 aliphatic carbocycles. The van der Waals surface area contributed by atoms with Gasteiger partial charge in [-0.05, 0) is 19.3 Å². The molecule has 0 radical (unpaired) electrons. The summed E-state index contributed by atoms with van der Waals surface area (Å²) >= 11 is 0. The van der Waals surface area contributed by atoms with Crippen LogP contribution in [0.25, 0.3) is 0 Å². The van der Waals surface area contributed by atoms with Crippen LogP contribution in [0.2, 0.25) is 0 Å². The van der Waals surface area contributed by atoms with E-state index in [0.29, 0.717) is 12.3 Å². The maximum atomic E-state index is 8.31. The first-order chi connectivity index (χ1) is 7.81. The zero-order chi connectivity index (χ0) is 12.1. The third-order valence-electron chi connectivity index (χ3n) is 2.49. The van der Waals surface area contributed by atoms with Crippen molar-refractivity contribution in [1.82, 2.24) is 0 Å². The van der Waals surface area contributed by atoms with Gasteiger partial charge in [0, 0.05) is 19.6 Å². The van der Waals surface area contributed by atoms with Crippen LogP contribution in [0.1, 0.15) is 58.3 Å². The molecule has 0 amide bonds. The van der Waals surface area contributed by atoms with Gasteiger partial charge in [-0.3, -0.25) is 0 Å². The first-order valence-electron chi connectivity index (χ1n) is 6.35. The molecule has 4 nitrogen and oxygen atoms in total. The minimum Gasteiger partial charge on any atom is -0.409 e. The van der Waals surface area contributed by atoms with Gasteiger partial charge in [0.1, 0.15) is 5.84 Å². The van der Waals surface area contributed by atoms with E-state index < -0.39 is 0 Å². The van der Waals surface area contributed by atoms with Gasteiger partial charge < -0.3 is 15.7 Å². The van der Waals surface area contributed by atoms with Crippen LogP contribution in [0.4, 0.5) is 0 Å². The average Bonchev–Trinajstić information content (AvgIpc) is 2.31. The summed E-state index contributed by atoms with van der Waals surface area (Å²) in [7, 11) is 0. The largest absolute Gasteiger partial charge is 0.409 e. The molecular formula is C12H26N2O2. The minimum atomic E-state index is 0.305. The molecule has 0 bridgehead atoms. The van der Waals surface area contributed by atoms with E-state index in [2.05, 4.69) is 12.1 Å². The van der Waals surface area contributed by atoms with Gasteiger partial charge in [0.2, 0.25) is 0 Å². The van der Waals surface area contributed by atoms with Gasteiger partial charge in [0.25, 0.3) is 0 Å². The molecule has 4 heteroatoms. The maximum Gasteiger partial charge on any atom is 0.139 e. The molecule has 3 N–H and O–H groups in total. The Balaban J connectivity index is 2.99. The fraction of sp³-hybridized carbons (Fsp3) is 0.917. The maximum absolute atomic E-state index is 8.31. The minimum absolute atomic E-state index is 0.305. The molecule has 0 rings (SSSR count). The van der Waals surface area contributed by atoms with E-state index >= 15 is 0 Å². The summed E-state index contributed by atoms with van der Waals surface area (Å²) < 4.78 is 5.49. The molecule has 0 saturated carbocycles. The second-order valence-corrected chi connectivity index (χ2v) is 4.08. The number of nitrogens with two attached hydrogens (primary N) is 1. The molecule has 0 aromatic heterocycles. The fourth-order valence-electron chi connectivity index (χ4n) is 1.47. The van der Waals surface area contributed by atoms with Gasteiger partial charge in [-0.15, -0.1) is 0 Å².